The normalized spacial score (nSPS) is 10.4. The molecule has 0 saturated heterocycles. The minimum Gasteiger partial charge on any atom is -0.494 e. The molecule has 2 rings (SSSR count). The van der Waals surface area contributed by atoms with E-state index in [1.807, 2.05) is 24.3 Å². The van der Waals surface area contributed by atoms with E-state index < -0.39 is 0 Å². The average molecular weight is 218 g/mol. The highest BCUT2D eigenvalue weighted by atomic mass is 16.5. The molecule has 1 heterocycles. The van der Waals surface area contributed by atoms with Crippen molar-refractivity contribution >= 4 is 0 Å². The summed E-state index contributed by atoms with van der Waals surface area (Å²) in [5, 5.41) is 7.74. The van der Waals surface area contributed by atoms with Gasteiger partial charge in [-0.25, -0.2) is 0 Å². The summed E-state index contributed by atoms with van der Waals surface area (Å²) in [5.74, 6) is 1.97. The van der Waals surface area contributed by atoms with Crippen molar-refractivity contribution in [2.45, 2.75) is 20.3 Å². The highest BCUT2D eigenvalue weighted by Crippen LogP contribution is 2.21. The summed E-state index contributed by atoms with van der Waals surface area (Å²) in [6, 6.07) is 7.64. The number of rotatable bonds is 4. The fourth-order valence-electron chi connectivity index (χ4n) is 1.33. The molecule has 0 saturated carbocycles. The van der Waals surface area contributed by atoms with Gasteiger partial charge >= 0.3 is 0 Å². The standard InChI is InChI=1S/C12H14N2O2/c1-3-8-15-11-6-4-10(5-7-11)12-14-13-9(2)16-12/h4-7H,3,8H2,1-2H3. The molecule has 16 heavy (non-hydrogen) atoms. The lowest BCUT2D eigenvalue weighted by atomic mass is 10.2. The van der Waals surface area contributed by atoms with Gasteiger partial charge in [-0.3, -0.25) is 0 Å². The van der Waals surface area contributed by atoms with Crippen LogP contribution in [0.3, 0.4) is 0 Å². The number of aryl methyl sites for hydroxylation is 1. The second-order valence-electron chi connectivity index (χ2n) is 3.50. The Kier molecular flexibility index (Phi) is 3.19. The third-order valence-corrected chi connectivity index (χ3v) is 2.10. The molecule has 0 radical (unpaired) electrons. The summed E-state index contributed by atoms with van der Waals surface area (Å²) in [4.78, 5) is 0. The number of benzene rings is 1. The van der Waals surface area contributed by atoms with Crippen molar-refractivity contribution in [3.63, 3.8) is 0 Å². The third kappa shape index (κ3) is 2.39. The molecule has 0 aliphatic carbocycles. The maximum Gasteiger partial charge on any atom is 0.247 e. The van der Waals surface area contributed by atoms with Crippen molar-refractivity contribution in [3.8, 4) is 17.2 Å². The van der Waals surface area contributed by atoms with E-state index in [0.717, 1.165) is 24.3 Å². The van der Waals surface area contributed by atoms with Gasteiger partial charge in [0.25, 0.3) is 0 Å². The SMILES string of the molecule is CCCOc1ccc(-c2nnc(C)o2)cc1. The lowest BCUT2D eigenvalue weighted by molar-refractivity contribution is 0.317. The minimum absolute atomic E-state index is 0.541. The van der Waals surface area contributed by atoms with E-state index in [-0.39, 0.29) is 0 Å². The Hall–Kier alpha value is -1.84. The molecule has 0 unspecified atom stereocenters. The van der Waals surface area contributed by atoms with Gasteiger partial charge in [0.05, 0.1) is 6.61 Å². The zero-order valence-electron chi connectivity index (χ0n) is 9.43. The first-order chi connectivity index (χ1) is 7.79. The Labute approximate surface area is 94.3 Å². The predicted molar refractivity (Wildman–Crippen MR) is 60.3 cm³/mol. The van der Waals surface area contributed by atoms with Gasteiger partial charge in [-0.2, -0.15) is 0 Å². The molecule has 0 fully saturated rings. The molecule has 2 aromatic rings. The number of hydrogen-bond acceptors (Lipinski definition) is 4. The van der Waals surface area contributed by atoms with Crippen LogP contribution in [0, 0.1) is 6.92 Å². The second-order valence-corrected chi connectivity index (χ2v) is 3.50. The molecular weight excluding hydrogens is 204 g/mol. The summed E-state index contributed by atoms with van der Waals surface area (Å²) in [6.45, 7) is 4.59. The van der Waals surface area contributed by atoms with Crippen LogP contribution in [-0.2, 0) is 0 Å². The number of hydrogen-bond donors (Lipinski definition) is 0. The maximum atomic E-state index is 5.48. The number of nitrogens with zero attached hydrogens (tertiary/aromatic N) is 2. The van der Waals surface area contributed by atoms with Crippen molar-refractivity contribution in [2.75, 3.05) is 6.61 Å². The predicted octanol–water partition coefficient (Wildman–Crippen LogP) is 2.83. The van der Waals surface area contributed by atoms with Crippen LogP contribution in [0.1, 0.15) is 19.2 Å². The van der Waals surface area contributed by atoms with Crippen LogP contribution < -0.4 is 4.74 Å². The van der Waals surface area contributed by atoms with Crippen LogP contribution in [0.25, 0.3) is 11.5 Å². The molecule has 0 amide bonds. The smallest absolute Gasteiger partial charge is 0.247 e. The average Bonchev–Trinajstić information content (AvgIpc) is 2.74. The molecule has 4 heteroatoms. The van der Waals surface area contributed by atoms with Crippen molar-refractivity contribution in [2.24, 2.45) is 0 Å². The minimum atomic E-state index is 0.541. The van der Waals surface area contributed by atoms with Gasteiger partial charge < -0.3 is 9.15 Å². The van der Waals surface area contributed by atoms with E-state index >= 15 is 0 Å². The van der Waals surface area contributed by atoms with Crippen LogP contribution in [0.2, 0.25) is 0 Å². The number of ether oxygens (including phenoxy) is 1. The van der Waals surface area contributed by atoms with Gasteiger partial charge in [-0.05, 0) is 30.7 Å². The topological polar surface area (TPSA) is 48.2 Å². The molecule has 0 aliphatic rings. The Morgan fingerprint density at radius 2 is 1.94 bits per heavy atom. The first-order valence-electron chi connectivity index (χ1n) is 5.33. The van der Waals surface area contributed by atoms with Crippen LogP contribution in [0.4, 0.5) is 0 Å². The van der Waals surface area contributed by atoms with E-state index in [1.54, 1.807) is 6.92 Å². The summed E-state index contributed by atoms with van der Waals surface area (Å²) in [5.41, 5.74) is 0.907. The zero-order valence-corrected chi connectivity index (χ0v) is 9.43. The fourth-order valence-corrected chi connectivity index (χ4v) is 1.33. The Morgan fingerprint density at radius 3 is 2.50 bits per heavy atom. The quantitative estimate of drug-likeness (QED) is 0.791. The molecule has 0 N–H and O–H groups in total. The van der Waals surface area contributed by atoms with Gasteiger partial charge in [-0.15, -0.1) is 10.2 Å². The van der Waals surface area contributed by atoms with Crippen LogP contribution in [0.15, 0.2) is 28.7 Å². The van der Waals surface area contributed by atoms with Crippen molar-refractivity contribution in [1.29, 1.82) is 0 Å². The molecule has 0 aliphatic heterocycles. The van der Waals surface area contributed by atoms with Gasteiger partial charge in [0, 0.05) is 12.5 Å². The Morgan fingerprint density at radius 1 is 1.19 bits per heavy atom. The molecule has 0 atom stereocenters. The summed E-state index contributed by atoms with van der Waals surface area (Å²) in [6.07, 6.45) is 1.00. The van der Waals surface area contributed by atoms with Crippen LogP contribution in [-0.4, -0.2) is 16.8 Å². The first kappa shape index (κ1) is 10.7. The van der Waals surface area contributed by atoms with E-state index in [9.17, 15) is 0 Å². The molecule has 0 bridgehead atoms. The first-order valence-corrected chi connectivity index (χ1v) is 5.33. The molecule has 84 valence electrons. The number of aromatic nitrogens is 2. The van der Waals surface area contributed by atoms with Crippen LogP contribution >= 0.6 is 0 Å². The van der Waals surface area contributed by atoms with Gasteiger partial charge in [0.15, 0.2) is 0 Å². The van der Waals surface area contributed by atoms with E-state index in [2.05, 4.69) is 17.1 Å². The second kappa shape index (κ2) is 4.79. The van der Waals surface area contributed by atoms with Crippen molar-refractivity contribution in [3.05, 3.63) is 30.2 Å². The maximum absolute atomic E-state index is 5.48. The molecular formula is C12H14N2O2. The largest absolute Gasteiger partial charge is 0.494 e. The molecule has 1 aromatic heterocycles. The lowest BCUT2D eigenvalue weighted by Crippen LogP contribution is -1.94. The van der Waals surface area contributed by atoms with Crippen molar-refractivity contribution < 1.29 is 9.15 Å². The summed E-state index contributed by atoms with van der Waals surface area (Å²) in [7, 11) is 0. The summed E-state index contributed by atoms with van der Waals surface area (Å²) < 4.78 is 10.8. The van der Waals surface area contributed by atoms with Gasteiger partial charge in [0.1, 0.15) is 5.75 Å². The lowest BCUT2D eigenvalue weighted by Gasteiger charge is -2.03. The van der Waals surface area contributed by atoms with Crippen LogP contribution in [0.5, 0.6) is 5.75 Å². The monoisotopic (exact) mass is 218 g/mol. The van der Waals surface area contributed by atoms with E-state index in [4.69, 9.17) is 9.15 Å². The van der Waals surface area contributed by atoms with E-state index in [1.165, 1.54) is 0 Å². The van der Waals surface area contributed by atoms with E-state index in [0.29, 0.717) is 11.8 Å². The summed E-state index contributed by atoms with van der Waals surface area (Å²) >= 11 is 0. The highest BCUT2D eigenvalue weighted by molar-refractivity contribution is 5.53. The highest BCUT2D eigenvalue weighted by Gasteiger charge is 2.05. The third-order valence-electron chi connectivity index (χ3n) is 2.10. The van der Waals surface area contributed by atoms with Gasteiger partial charge in [-0.1, -0.05) is 6.92 Å². The van der Waals surface area contributed by atoms with Crippen molar-refractivity contribution in [1.82, 2.24) is 10.2 Å². The zero-order chi connectivity index (χ0) is 11.4. The Bertz CT molecular complexity index is 448. The fraction of sp³-hybridized carbons (Fsp3) is 0.333. The molecule has 1 aromatic carbocycles. The van der Waals surface area contributed by atoms with Gasteiger partial charge in [0.2, 0.25) is 11.8 Å². The Balaban J connectivity index is 2.13. The molecule has 0 spiro atoms. The molecule has 4 nitrogen and oxygen atoms in total.